The Morgan fingerprint density at radius 3 is 3.00 bits per heavy atom. The summed E-state index contributed by atoms with van der Waals surface area (Å²) in [5.41, 5.74) is 6.24. The van der Waals surface area contributed by atoms with E-state index in [0.717, 1.165) is 12.0 Å². The standard InChI is InChI=1S/C14H19FN2O2/c1-9(10-3-2-4-11(15)7-10)17-14(18)13-6-5-12(8-16)19-13/h2-4,7,9,12-13H,5-6,8,16H2,1H3,(H,17,18). The molecule has 0 saturated carbocycles. The lowest BCUT2D eigenvalue weighted by Gasteiger charge is -2.18. The molecule has 0 radical (unpaired) electrons. The van der Waals surface area contributed by atoms with Crippen molar-refractivity contribution in [2.45, 2.75) is 38.0 Å². The van der Waals surface area contributed by atoms with Gasteiger partial charge in [-0.05, 0) is 37.5 Å². The molecule has 1 aromatic rings. The van der Waals surface area contributed by atoms with E-state index >= 15 is 0 Å². The molecule has 0 spiro atoms. The van der Waals surface area contributed by atoms with Crippen molar-refractivity contribution in [3.63, 3.8) is 0 Å². The van der Waals surface area contributed by atoms with E-state index in [4.69, 9.17) is 10.5 Å². The molecule has 1 aliphatic rings. The van der Waals surface area contributed by atoms with Gasteiger partial charge in [-0.15, -0.1) is 0 Å². The zero-order valence-electron chi connectivity index (χ0n) is 10.9. The van der Waals surface area contributed by atoms with Gasteiger partial charge in [0.25, 0.3) is 0 Å². The van der Waals surface area contributed by atoms with E-state index < -0.39 is 6.10 Å². The molecule has 1 amide bonds. The number of benzene rings is 1. The van der Waals surface area contributed by atoms with Crippen molar-refractivity contribution in [2.24, 2.45) is 5.73 Å². The minimum atomic E-state index is -0.440. The van der Waals surface area contributed by atoms with Gasteiger partial charge in [-0.25, -0.2) is 4.39 Å². The fourth-order valence-electron chi connectivity index (χ4n) is 2.24. The third-order valence-corrected chi connectivity index (χ3v) is 3.37. The highest BCUT2D eigenvalue weighted by Gasteiger charge is 2.30. The predicted octanol–water partition coefficient (Wildman–Crippen LogP) is 1.51. The van der Waals surface area contributed by atoms with Gasteiger partial charge in [-0.3, -0.25) is 4.79 Å². The van der Waals surface area contributed by atoms with Gasteiger partial charge in [0.15, 0.2) is 0 Å². The number of ether oxygens (including phenoxy) is 1. The number of nitrogens with two attached hydrogens (primary N) is 1. The van der Waals surface area contributed by atoms with E-state index in [1.165, 1.54) is 12.1 Å². The van der Waals surface area contributed by atoms with E-state index in [-0.39, 0.29) is 23.9 Å². The van der Waals surface area contributed by atoms with Crippen LogP contribution in [-0.2, 0) is 9.53 Å². The van der Waals surface area contributed by atoms with E-state index in [1.54, 1.807) is 12.1 Å². The lowest BCUT2D eigenvalue weighted by molar-refractivity contribution is -0.132. The van der Waals surface area contributed by atoms with Crippen molar-refractivity contribution in [1.29, 1.82) is 0 Å². The Morgan fingerprint density at radius 1 is 1.58 bits per heavy atom. The summed E-state index contributed by atoms with van der Waals surface area (Å²) in [6, 6.07) is 5.96. The molecule has 1 fully saturated rings. The quantitative estimate of drug-likeness (QED) is 0.868. The fraction of sp³-hybridized carbons (Fsp3) is 0.500. The van der Waals surface area contributed by atoms with Crippen LogP contribution < -0.4 is 11.1 Å². The van der Waals surface area contributed by atoms with Gasteiger partial charge >= 0.3 is 0 Å². The molecule has 3 atom stereocenters. The number of carbonyl (C=O) groups is 1. The van der Waals surface area contributed by atoms with Crippen LogP contribution in [0.15, 0.2) is 24.3 Å². The molecule has 0 aromatic heterocycles. The lowest BCUT2D eigenvalue weighted by Crippen LogP contribution is -2.37. The van der Waals surface area contributed by atoms with Crippen LogP contribution in [-0.4, -0.2) is 24.7 Å². The Bertz CT molecular complexity index is 453. The summed E-state index contributed by atoms with van der Waals surface area (Å²) >= 11 is 0. The Kier molecular flexibility index (Phi) is 4.50. The molecule has 19 heavy (non-hydrogen) atoms. The first kappa shape index (κ1) is 14.0. The molecule has 3 unspecified atom stereocenters. The van der Waals surface area contributed by atoms with E-state index in [9.17, 15) is 9.18 Å². The van der Waals surface area contributed by atoms with Crippen LogP contribution >= 0.6 is 0 Å². The number of nitrogens with one attached hydrogen (secondary N) is 1. The lowest BCUT2D eigenvalue weighted by atomic mass is 10.1. The molecule has 4 nitrogen and oxygen atoms in total. The number of rotatable bonds is 4. The molecule has 1 saturated heterocycles. The first-order valence-electron chi connectivity index (χ1n) is 6.51. The Morgan fingerprint density at radius 2 is 2.37 bits per heavy atom. The monoisotopic (exact) mass is 266 g/mol. The summed E-state index contributed by atoms with van der Waals surface area (Å²) in [6.07, 6.45) is 1.02. The summed E-state index contributed by atoms with van der Waals surface area (Å²) in [6.45, 7) is 2.26. The van der Waals surface area contributed by atoms with Gasteiger partial charge in [0.05, 0.1) is 12.1 Å². The first-order chi connectivity index (χ1) is 9.10. The number of halogens is 1. The second kappa shape index (κ2) is 6.12. The summed E-state index contributed by atoms with van der Waals surface area (Å²) in [4.78, 5) is 12.0. The largest absolute Gasteiger partial charge is 0.364 e. The van der Waals surface area contributed by atoms with E-state index in [0.29, 0.717) is 13.0 Å². The Labute approximate surface area is 112 Å². The average Bonchev–Trinajstić information content (AvgIpc) is 2.87. The third kappa shape index (κ3) is 3.52. The highest BCUT2D eigenvalue weighted by atomic mass is 19.1. The molecule has 5 heteroatoms. The highest BCUT2D eigenvalue weighted by Crippen LogP contribution is 2.20. The third-order valence-electron chi connectivity index (χ3n) is 3.37. The molecule has 2 rings (SSSR count). The van der Waals surface area contributed by atoms with Crippen molar-refractivity contribution in [2.75, 3.05) is 6.54 Å². The predicted molar refractivity (Wildman–Crippen MR) is 69.9 cm³/mol. The minimum Gasteiger partial charge on any atom is -0.364 e. The van der Waals surface area contributed by atoms with Crippen LogP contribution in [0, 0.1) is 5.82 Å². The number of carbonyl (C=O) groups excluding carboxylic acids is 1. The maximum atomic E-state index is 13.1. The summed E-state index contributed by atoms with van der Waals surface area (Å²) in [5.74, 6) is -0.466. The van der Waals surface area contributed by atoms with Crippen LogP contribution in [0.2, 0.25) is 0 Å². The molecular weight excluding hydrogens is 247 g/mol. The topological polar surface area (TPSA) is 64.4 Å². The van der Waals surface area contributed by atoms with Crippen molar-refractivity contribution < 1.29 is 13.9 Å². The Hall–Kier alpha value is -1.46. The molecule has 3 N–H and O–H groups in total. The fourth-order valence-corrected chi connectivity index (χ4v) is 2.24. The van der Waals surface area contributed by atoms with Crippen molar-refractivity contribution in [1.82, 2.24) is 5.32 Å². The maximum absolute atomic E-state index is 13.1. The Balaban J connectivity index is 1.92. The summed E-state index contributed by atoms with van der Waals surface area (Å²) < 4.78 is 18.6. The number of hydrogen-bond acceptors (Lipinski definition) is 3. The second-order valence-corrected chi connectivity index (χ2v) is 4.85. The SMILES string of the molecule is CC(NC(=O)C1CCC(CN)O1)c1cccc(F)c1. The van der Waals surface area contributed by atoms with E-state index in [2.05, 4.69) is 5.32 Å². The van der Waals surface area contributed by atoms with Crippen LogP contribution in [0.3, 0.4) is 0 Å². The van der Waals surface area contributed by atoms with Gasteiger partial charge in [-0.1, -0.05) is 12.1 Å². The van der Waals surface area contributed by atoms with Gasteiger partial charge in [0.2, 0.25) is 5.91 Å². The molecule has 1 aromatic carbocycles. The minimum absolute atomic E-state index is 0.0276. The van der Waals surface area contributed by atoms with Crippen molar-refractivity contribution in [3.05, 3.63) is 35.6 Å². The van der Waals surface area contributed by atoms with E-state index in [1.807, 2.05) is 6.92 Å². The van der Waals surface area contributed by atoms with Crippen LogP contribution in [0.25, 0.3) is 0 Å². The van der Waals surface area contributed by atoms with Crippen LogP contribution in [0.4, 0.5) is 4.39 Å². The van der Waals surface area contributed by atoms with Crippen LogP contribution in [0.1, 0.15) is 31.4 Å². The molecule has 0 bridgehead atoms. The smallest absolute Gasteiger partial charge is 0.249 e. The van der Waals surface area contributed by atoms with Gasteiger partial charge < -0.3 is 15.8 Å². The average molecular weight is 266 g/mol. The van der Waals surface area contributed by atoms with Gasteiger partial charge in [-0.2, -0.15) is 0 Å². The van der Waals surface area contributed by atoms with Crippen LogP contribution in [0.5, 0.6) is 0 Å². The summed E-state index contributed by atoms with van der Waals surface area (Å²) in [7, 11) is 0. The molecule has 104 valence electrons. The number of hydrogen-bond donors (Lipinski definition) is 2. The van der Waals surface area contributed by atoms with Gasteiger partial charge in [0.1, 0.15) is 11.9 Å². The summed E-state index contributed by atoms with van der Waals surface area (Å²) in [5, 5.41) is 2.84. The zero-order valence-corrected chi connectivity index (χ0v) is 10.9. The molecule has 0 aliphatic carbocycles. The highest BCUT2D eigenvalue weighted by molar-refractivity contribution is 5.81. The maximum Gasteiger partial charge on any atom is 0.249 e. The molecule has 1 heterocycles. The molecule has 1 aliphatic heterocycles. The second-order valence-electron chi connectivity index (χ2n) is 4.85. The number of amides is 1. The zero-order chi connectivity index (χ0) is 13.8. The molecular formula is C14H19FN2O2. The van der Waals surface area contributed by atoms with Gasteiger partial charge in [0, 0.05) is 6.54 Å². The van der Waals surface area contributed by atoms with Crippen molar-refractivity contribution >= 4 is 5.91 Å². The van der Waals surface area contributed by atoms with Crippen molar-refractivity contribution in [3.8, 4) is 0 Å². The first-order valence-corrected chi connectivity index (χ1v) is 6.51. The normalized spacial score (nSPS) is 24.2.